The van der Waals surface area contributed by atoms with Crippen molar-refractivity contribution in [1.29, 1.82) is 0 Å². The average molecular weight is 459 g/mol. The normalized spacial score (nSPS) is 54.8. The van der Waals surface area contributed by atoms with Crippen LogP contribution in [0.15, 0.2) is 12.2 Å². The van der Waals surface area contributed by atoms with Gasteiger partial charge in [-0.25, -0.2) is 0 Å². The van der Waals surface area contributed by atoms with E-state index in [4.69, 9.17) is 11.6 Å². The summed E-state index contributed by atoms with van der Waals surface area (Å²) < 4.78 is 0. The summed E-state index contributed by atoms with van der Waals surface area (Å²) >= 11 is 6.41. The quantitative estimate of drug-likeness (QED) is 0.315. The molecule has 10 atom stereocenters. The van der Waals surface area contributed by atoms with Crippen molar-refractivity contribution >= 4 is 22.6 Å². The maximum absolute atomic E-state index is 12.9. The molecule has 178 valence electrons. The van der Waals surface area contributed by atoms with Crippen molar-refractivity contribution in [3.8, 4) is 0 Å². The molecular weight excluding hydrogens is 416 g/mol. The third kappa shape index (κ3) is 2.65. The van der Waals surface area contributed by atoms with Crippen molar-refractivity contribution < 1.29 is 9.59 Å². The van der Waals surface area contributed by atoms with Crippen LogP contribution in [-0.4, -0.2) is 11.0 Å². The molecule has 0 radical (unpaired) electrons. The molecule has 4 unspecified atom stereocenters. The van der Waals surface area contributed by atoms with Crippen LogP contribution in [0.5, 0.6) is 0 Å². The minimum Gasteiger partial charge on any atom is -0.299 e. The predicted molar refractivity (Wildman–Crippen MR) is 130 cm³/mol. The fourth-order valence-corrected chi connectivity index (χ4v) is 11.2. The topological polar surface area (TPSA) is 34.1 Å². The summed E-state index contributed by atoms with van der Waals surface area (Å²) in [4.78, 5) is 25.5. The van der Waals surface area contributed by atoms with Crippen LogP contribution in [0.25, 0.3) is 0 Å². The second-order valence-electron chi connectivity index (χ2n) is 13.4. The van der Waals surface area contributed by atoms with Gasteiger partial charge in [0.15, 0.2) is 0 Å². The van der Waals surface area contributed by atoms with E-state index in [1.807, 2.05) is 0 Å². The van der Waals surface area contributed by atoms with Crippen LogP contribution in [0.4, 0.5) is 0 Å². The highest BCUT2D eigenvalue weighted by molar-refractivity contribution is 6.64. The van der Waals surface area contributed by atoms with Gasteiger partial charge in [0.25, 0.3) is 0 Å². The third-order valence-corrected chi connectivity index (χ3v) is 13.2. The van der Waals surface area contributed by atoms with Crippen molar-refractivity contribution in [2.24, 2.45) is 57.2 Å². The van der Waals surface area contributed by atoms with E-state index >= 15 is 0 Å². The van der Waals surface area contributed by atoms with Gasteiger partial charge in [0.05, 0.1) is 0 Å². The van der Waals surface area contributed by atoms with E-state index in [1.54, 1.807) is 0 Å². The number of fused-ring (bicyclic) bond motifs is 7. The Hall–Kier alpha value is -0.630. The van der Waals surface area contributed by atoms with Crippen LogP contribution in [-0.2, 0) is 9.59 Å². The fraction of sp³-hybridized carbons (Fsp3) is 0.862. The van der Waals surface area contributed by atoms with Crippen LogP contribution >= 0.6 is 11.6 Å². The smallest absolute Gasteiger partial charge is 0.228 e. The Bertz CT molecular complexity index is 863. The van der Waals surface area contributed by atoms with Gasteiger partial charge in [-0.1, -0.05) is 39.8 Å². The summed E-state index contributed by atoms with van der Waals surface area (Å²) in [6.45, 7) is 16.5. The Morgan fingerprint density at radius 2 is 1.66 bits per heavy atom. The van der Waals surface area contributed by atoms with Crippen molar-refractivity contribution in [2.75, 3.05) is 0 Å². The van der Waals surface area contributed by atoms with Crippen molar-refractivity contribution in [3.63, 3.8) is 0 Å². The third-order valence-electron chi connectivity index (χ3n) is 12.8. The molecule has 5 rings (SSSR count). The first-order chi connectivity index (χ1) is 14.9. The zero-order chi connectivity index (χ0) is 23.3. The predicted octanol–water partition coefficient (Wildman–Crippen LogP) is 7.59. The standard InChI is InChI=1S/C29H43ClO2/c1-17(2)19-9-14-29(25(30)32)16-15-27(5)21(24(19)29)7-8-23-26(4)12-11-22(31)18(3)20(26)10-13-28(23,27)6/h18-21,23-24H,1,7-16H2,2-6H3/t18-,19+,20?,21?,23?,24?,26+,27-,28-,29+/m1/s1. The molecule has 0 aromatic rings. The van der Waals surface area contributed by atoms with E-state index in [0.717, 1.165) is 38.5 Å². The summed E-state index contributed by atoms with van der Waals surface area (Å²) in [6, 6.07) is 0. The minimum absolute atomic E-state index is 0.0733. The molecule has 0 aromatic heterocycles. The van der Waals surface area contributed by atoms with Crippen molar-refractivity contribution in [3.05, 3.63) is 12.2 Å². The lowest BCUT2D eigenvalue weighted by Gasteiger charge is -2.71. The Morgan fingerprint density at radius 3 is 2.31 bits per heavy atom. The second kappa shape index (κ2) is 7.19. The Labute approximate surface area is 200 Å². The summed E-state index contributed by atoms with van der Waals surface area (Å²) in [5.41, 5.74) is 1.69. The molecule has 0 bridgehead atoms. The van der Waals surface area contributed by atoms with Gasteiger partial charge >= 0.3 is 0 Å². The van der Waals surface area contributed by atoms with Gasteiger partial charge in [0, 0.05) is 17.8 Å². The maximum atomic E-state index is 12.9. The molecule has 0 spiro atoms. The molecule has 5 aliphatic rings. The molecule has 5 fully saturated rings. The Balaban J connectivity index is 1.56. The Kier molecular flexibility index (Phi) is 5.20. The summed E-state index contributed by atoms with van der Waals surface area (Å²) in [5, 5.41) is -0.0733. The van der Waals surface area contributed by atoms with E-state index in [0.29, 0.717) is 35.4 Å². The molecule has 5 aliphatic carbocycles. The first-order valence-corrected chi connectivity index (χ1v) is 13.7. The highest BCUT2D eigenvalue weighted by atomic mass is 35.5. The lowest BCUT2D eigenvalue weighted by molar-refractivity contribution is -0.225. The van der Waals surface area contributed by atoms with Crippen LogP contribution in [0.1, 0.15) is 98.8 Å². The number of allylic oxidation sites excluding steroid dienone is 1. The van der Waals surface area contributed by atoms with Gasteiger partial charge in [0.2, 0.25) is 5.24 Å². The van der Waals surface area contributed by atoms with E-state index in [-0.39, 0.29) is 32.8 Å². The minimum atomic E-state index is -0.328. The van der Waals surface area contributed by atoms with Gasteiger partial charge in [-0.3, -0.25) is 9.59 Å². The Morgan fingerprint density at radius 1 is 0.938 bits per heavy atom. The van der Waals surface area contributed by atoms with E-state index in [2.05, 4.69) is 41.2 Å². The largest absolute Gasteiger partial charge is 0.299 e. The molecule has 0 N–H and O–H groups in total. The van der Waals surface area contributed by atoms with E-state index in [1.165, 1.54) is 31.3 Å². The first kappa shape index (κ1) is 23.1. The molecule has 5 saturated carbocycles. The number of rotatable bonds is 2. The maximum Gasteiger partial charge on any atom is 0.228 e. The molecule has 3 heteroatoms. The highest BCUT2D eigenvalue weighted by Gasteiger charge is 2.70. The summed E-state index contributed by atoms with van der Waals surface area (Å²) in [5.74, 6) is 3.28. The van der Waals surface area contributed by atoms with Gasteiger partial charge in [-0.05, 0) is 122 Å². The number of ketones is 1. The number of carbonyl (C=O) groups excluding carboxylic acids is 2. The molecule has 0 heterocycles. The molecule has 32 heavy (non-hydrogen) atoms. The van der Waals surface area contributed by atoms with Gasteiger partial charge < -0.3 is 0 Å². The molecule has 0 aliphatic heterocycles. The van der Waals surface area contributed by atoms with Gasteiger partial charge in [-0.2, -0.15) is 0 Å². The first-order valence-electron chi connectivity index (χ1n) is 13.3. The lowest BCUT2D eigenvalue weighted by Crippen LogP contribution is -2.65. The van der Waals surface area contributed by atoms with E-state index in [9.17, 15) is 9.59 Å². The number of hydrogen-bond donors (Lipinski definition) is 0. The van der Waals surface area contributed by atoms with Gasteiger partial charge in [0.1, 0.15) is 5.78 Å². The lowest BCUT2D eigenvalue weighted by atomic mass is 9.33. The number of hydrogen-bond acceptors (Lipinski definition) is 2. The second-order valence-corrected chi connectivity index (χ2v) is 13.8. The van der Waals surface area contributed by atoms with E-state index < -0.39 is 0 Å². The van der Waals surface area contributed by atoms with Crippen LogP contribution in [0, 0.1) is 57.2 Å². The van der Waals surface area contributed by atoms with Crippen LogP contribution in [0.3, 0.4) is 0 Å². The van der Waals surface area contributed by atoms with Crippen molar-refractivity contribution in [1.82, 2.24) is 0 Å². The summed E-state index contributed by atoms with van der Waals surface area (Å²) in [6.07, 6.45) is 10.8. The average Bonchev–Trinajstić information content (AvgIpc) is 3.13. The monoisotopic (exact) mass is 458 g/mol. The van der Waals surface area contributed by atoms with Gasteiger partial charge in [-0.15, -0.1) is 0 Å². The molecule has 0 amide bonds. The number of halogens is 1. The zero-order valence-electron chi connectivity index (χ0n) is 20.9. The number of Topliss-reactive ketones (excluding diaryl/α,β-unsaturated/α-hetero) is 1. The molecule has 0 aromatic carbocycles. The molecule has 2 nitrogen and oxygen atoms in total. The zero-order valence-corrected chi connectivity index (χ0v) is 21.7. The molecular formula is C29H43ClO2. The van der Waals surface area contributed by atoms with Crippen molar-refractivity contribution in [2.45, 2.75) is 98.8 Å². The highest BCUT2D eigenvalue weighted by Crippen LogP contribution is 2.76. The number of carbonyl (C=O) groups is 2. The SMILES string of the molecule is C=C(C)[C@@H]1CC[C@]2(C(=O)Cl)CC[C@]3(C)C(CCC4[C@@]5(C)CCC(=O)[C@H](C)C5CC[C@]43C)C12. The van der Waals surface area contributed by atoms with Crippen LogP contribution < -0.4 is 0 Å². The van der Waals surface area contributed by atoms with Crippen LogP contribution in [0.2, 0.25) is 0 Å². The summed E-state index contributed by atoms with van der Waals surface area (Å²) in [7, 11) is 0. The fourth-order valence-electron chi connectivity index (χ4n) is 10.9. The molecule has 0 saturated heterocycles.